The van der Waals surface area contributed by atoms with Crippen molar-refractivity contribution in [3.05, 3.63) is 45.5 Å². The Balaban J connectivity index is 2.34. The van der Waals surface area contributed by atoms with E-state index < -0.39 is 12.1 Å². The fourth-order valence-electron chi connectivity index (χ4n) is 1.35. The van der Waals surface area contributed by atoms with Crippen LogP contribution in [0.25, 0.3) is 0 Å². The van der Waals surface area contributed by atoms with Crippen molar-refractivity contribution in [3.8, 4) is 17.4 Å². The Morgan fingerprint density at radius 3 is 2.19 bits per heavy atom. The highest BCUT2D eigenvalue weighted by Crippen LogP contribution is 2.38. The van der Waals surface area contributed by atoms with Crippen LogP contribution in [0, 0.1) is 0 Å². The van der Waals surface area contributed by atoms with E-state index in [4.69, 9.17) is 39.5 Å². The molecule has 0 saturated carbocycles. The van der Waals surface area contributed by atoms with Gasteiger partial charge in [0, 0.05) is 0 Å². The van der Waals surface area contributed by atoms with Crippen LogP contribution in [0.15, 0.2) is 30.3 Å². The Hall–Kier alpha value is -1.37. The molecule has 1 heterocycles. The molecular weight excluding hydrogens is 353 g/mol. The van der Waals surface area contributed by atoms with Crippen molar-refractivity contribution < 1.29 is 22.6 Å². The average Bonchev–Trinajstić information content (AvgIpc) is 2.36. The largest absolute Gasteiger partial charge is 0.573 e. The van der Waals surface area contributed by atoms with E-state index in [0.29, 0.717) is 0 Å². The highest BCUT2D eigenvalue weighted by Gasteiger charge is 2.32. The molecule has 0 aliphatic rings. The SMILES string of the molecule is FC(F)(F)Oc1ccccc1Oc1nc(Cl)c(Cl)cc1Cl. The summed E-state index contributed by atoms with van der Waals surface area (Å²) in [5, 5.41) is -0.00894. The van der Waals surface area contributed by atoms with Gasteiger partial charge in [-0.2, -0.15) is 4.98 Å². The number of halogens is 6. The lowest BCUT2D eigenvalue weighted by atomic mass is 10.3. The number of hydrogen-bond donors (Lipinski definition) is 0. The van der Waals surface area contributed by atoms with E-state index in [2.05, 4.69) is 9.72 Å². The second-order valence-corrected chi connectivity index (χ2v) is 4.82. The second-order valence-electron chi connectivity index (χ2n) is 3.64. The molecule has 0 radical (unpaired) electrons. The Bertz CT molecular complexity index is 665. The maximum atomic E-state index is 12.3. The molecule has 2 aromatic rings. The summed E-state index contributed by atoms with van der Waals surface area (Å²) in [5.74, 6) is -0.944. The molecule has 0 fully saturated rings. The fourth-order valence-corrected chi connectivity index (χ4v) is 1.88. The van der Waals surface area contributed by atoms with Gasteiger partial charge in [0.15, 0.2) is 16.7 Å². The molecule has 9 heteroatoms. The summed E-state index contributed by atoms with van der Waals surface area (Å²) in [7, 11) is 0. The molecule has 0 amide bonds. The summed E-state index contributed by atoms with van der Waals surface area (Å²) in [6, 6.07) is 6.44. The van der Waals surface area contributed by atoms with Crippen molar-refractivity contribution in [2.45, 2.75) is 6.36 Å². The van der Waals surface area contributed by atoms with Gasteiger partial charge in [0.1, 0.15) is 5.02 Å². The van der Waals surface area contributed by atoms with E-state index in [9.17, 15) is 13.2 Å². The van der Waals surface area contributed by atoms with Gasteiger partial charge >= 0.3 is 6.36 Å². The molecule has 3 nitrogen and oxygen atoms in total. The zero-order chi connectivity index (χ0) is 15.6. The highest BCUT2D eigenvalue weighted by molar-refractivity contribution is 6.42. The number of benzene rings is 1. The van der Waals surface area contributed by atoms with Crippen molar-refractivity contribution >= 4 is 34.8 Å². The van der Waals surface area contributed by atoms with E-state index in [0.717, 1.165) is 6.07 Å². The summed E-state index contributed by atoms with van der Waals surface area (Å²) >= 11 is 17.2. The summed E-state index contributed by atoms with van der Waals surface area (Å²) in [4.78, 5) is 3.75. The fraction of sp³-hybridized carbons (Fsp3) is 0.0833. The van der Waals surface area contributed by atoms with Crippen LogP contribution in [0.2, 0.25) is 15.2 Å². The highest BCUT2D eigenvalue weighted by atomic mass is 35.5. The zero-order valence-electron chi connectivity index (χ0n) is 9.92. The van der Waals surface area contributed by atoms with Crippen molar-refractivity contribution in [2.75, 3.05) is 0 Å². The molecule has 0 N–H and O–H groups in total. The first-order valence-corrected chi connectivity index (χ1v) is 6.44. The van der Waals surface area contributed by atoms with Crippen LogP contribution in [-0.4, -0.2) is 11.3 Å². The Morgan fingerprint density at radius 1 is 0.952 bits per heavy atom. The van der Waals surface area contributed by atoms with Crippen molar-refractivity contribution in [2.24, 2.45) is 0 Å². The summed E-state index contributed by atoms with van der Waals surface area (Å²) < 4.78 is 46.0. The number of para-hydroxylation sites is 2. The molecule has 0 bridgehead atoms. The molecule has 0 atom stereocenters. The Kier molecular flexibility index (Phi) is 4.70. The van der Waals surface area contributed by atoms with Gasteiger partial charge in [-0.05, 0) is 18.2 Å². The molecular formula is C12H5Cl3F3NO2. The summed E-state index contributed by atoms with van der Waals surface area (Å²) in [6.07, 6.45) is -4.85. The maximum Gasteiger partial charge on any atom is 0.573 e. The first-order valence-electron chi connectivity index (χ1n) is 5.30. The zero-order valence-corrected chi connectivity index (χ0v) is 12.2. The van der Waals surface area contributed by atoms with Crippen LogP contribution in [0.3, 0.4) is 0 Å². The van der Waals surface area contributed by atoms with E-state index in [1.807, 2.05) is 0 Å². The topological polar surface area (TPSA) is 31.4 Å². The third-order valence-electron chi connectivity index (χ3n) is 2.14. The lowest BCUT2D eigenvalue weighted by Gasteiger charge is -2.14. The van der Waals surface area contributed by atoms with Gasteiger partial charge in [-0.25, -0.2) is 0 Å². The van der Waals surface area contributed by atoms with E-state index >= 15 is 0 Å². The van der Waals surface area contributed by atoms with Gasteiger partial charge < -0.3 is 9.47 Å². The van der Waals surface area contributed by atoms with Crippen LogP contribution >= 0.6 is 34.8 Å². The molecule has 1 aromatic heterocycles. The minimum atomic E-state index is -4.85. The number of pyridine rings is 1. The van der Waals surface area contributed by atoms with Crippen LogP contribution in [0.4, 0.5) is 13.2 Å². The van der Waals surface area contributed by atoms with Crippen LogP contribution in [0.5, 0.6) is 17.4 Å². The monoisotopic (exact) mass is 357 g/mol. The smallest absolute Gasteiger partial charge is 0.434 e. The van der Waals surface area contributed by atoms with E-state index in [1.165, 1.54) is 24.3 Å². The molecule has 21 heavy (non-hydrogen) atoms. The minimum Gasteiger partial charge on any atom is -0.434 e. The Morgan fingerprint density at radius 2 is 1.57 bits per heavy atom. The van der Waals surface area contributed by atoms with E-state index in [1.54, 1.807) is 0 Å². The molecule has 0 unspecified atom stereocenters. The lowest BCUT2D eigenvalue weighted by Crippen LogP contribution is -2.17. The normalized spacial score (nSPS) is 11.3. The van der Waals surface area contributed by atoms with Gasteiger partial charge in [-0.3, -0.25) is 0 Å². The summed E-state index contributed by atoms with van der Waals surface area (Å²) in [5.41, 5.74) is 0. The van der Waals surface area contributed by atoms with Gasteiger partial charge in [-0.15, -0.1) is 13.2 Å². The van der Waals surface area contributed by atoms with Crippen LogP contribution < -0.4 is 9.47 Å². The van der Waals surface area contributed by atoms with Crippen molar-refractivity contribution in [1.29, 1.82) is 0 Å². The molecule has 0 aliphatic carbocycles. The van der Waals surface area contributed by atoms with Gasteiger partial charge in [0.2, 0.25) is 5.88 Å². The van der Waals surface area contributed by atoms with Crippen molar-refractivity contribution in [1.82, 2.24) is 4.98 Å². The van der Waals surface area contributed by atoms with E-state index in [-0.39, 0.29) is 26.8 Å². The van der Waals surface area contributed by atoms with Crippen LogP contribution in [-0.2, 0) is 0 Å². The molecule has 0 aliphatic heterocycles. The lowest BCUT2D eigenvalue weighted by molar-refractivity contribution is -0.275. The number of nitrogens with zero attached hydrogens (tertiary/aromatic N) is 1. The Labute approximate surface area is 132 Å². The quantitative estimate of drug-likeness (QED) is 0.656. The average molecular weight is 359 g/mol. The van der Waals surface area contributed by atoms with Gasteiger partial charge in [-0.1, -0.05) is 46.9 Å². The number of ether oxygens (including phenoxy) is 2. The molecule has 1 aromatic carbocycles. The second kappa shape index (κ2) is 6.17. The third kappa shape index (κ3) is 4.30. The first-order chi connectivity index (χ1) is 9.76. The molecule has 112 valence electrons. The van der Waals surface area contributed by atoms with Crippen LogP contribution in [0.1, 0.15) is 0 Å². The minimum absolute atomic E-state index is 0.00814. The predicted octanol–water partition coefficient (Wildman–Crippen LogP) is 5.73. The van der Waals surface area contributed by atoms with Gasteiger partial charge in [0.25, 0.3) is 0 Å². The standard InChI is InChI=1S/C12H5Cl3F3NO2/c13-6-5-7(14)11(19-10(6)15)20-8-3-1-2-4-9(8)21-12(16,17)18/h1-5H. The number of aromatic nitrogens is 1. The molecule has 0 saturated heterocycles. The summed E-state index contributed by atoms with van der Waals surface area (Å²) in [6.45, 7) is 0. The number of alkyl halides is 3. The molecule has 2 rings (SSSR count). The third-order valence-corrected chi connectivity index (χ3v) is 3.08. The maximum absolute atomic E-state index is 12.3. The van der Waals surface area contributed by atoms with Gasteiger partial charge in [0.05, 0.1) is 5.02 Å². The predicted molar refractivity (Wildman–Crippen MR) is 72.5 cm³/mol. The molecule has 0 spiro atoms. The first kappa shape index (κ1) is 16.0. The van der Waals surface area contributed by atoms with Crippen molar-refractivity contribution in [3.63, 3.8) is 0 Å². The number of rotatable bonds is 3. The number of hydrogen-bond acceptors (Lipinski definition) is 3.